The molecule has 0 bridgehead atoms. The zero-order valence-electron chi connectivity index (χ0n) is 14.5. The summed E-state index contributed by atoms with van der Waals surface area (Å²) < 4.78 is 12.6. The molecule has 1 aliphatic rings. The Kier molecular flexibility index (Phi) is 7.72. The molecule has 0 saturated carbocycles. The zero-order chi connectivity index (χ0) is 17.8. The molecule has 0 fully saturated rings. The minimum absolute atomic E-state index is 0. The summed E-state index contributed by atoms with van der Waals surface area (Å²) in [5.74, 6) is 2.32. The maximum absolute atomic E-state index is 6.08. The molecule has 26 heavy (non-hydrogen) atoms. The van der Waals surface area contributed by atoms with Gasteiger partial charge >= 0.3 is 0 Å². The lowest BCUT2D eigenvalue weighted by molar-refractivity contribution is 0.174. The summed E-state index contributed by atoms with van der Waals surface area (Å²) in [6.07, 6.45) is 0.846. The number of rotatable bonds is 5. The van der Waals surface area contributed by atoms with E-state index < -0.39 is 0 Å². The van der Waals surface area contributed by atoms with Gasteiger partial charge in [0.05, 0.1) is 11.6 Å². The van der Waals surface area contributed by atoms with E-state index in [4.69, 9.17) is 32.7 Å². The number of fused-ring (bicyclic) bond motifs is 1. The normalized spacial score (nSPS) is 12.7. The van der Waals surface area contributed by atoms with Gasteiger partial charge in [-0.05, 0) is 30.2 Å². The summed E-state index contributed by atoms with van der Waals surface area (Å²) in [6, 6.07) is 7.83. The van der Waals surface area contributed by atoms with E-state index >= 15 is 0 Å². The van der Waals surface area contributed by atoms with Crippen molar-refractivity contribution in [3.8, 4) is 11.5 Å². The lowest BCUT2D eigenvalue weighted by Gasteiger charge is -2.12. The molecule has 1 aromatic carbocycles. The van der Waals surface area contributed by atoms with Crippen molar-refractivity contribution in [2.45, 2.75) is 13.0 Å². The van der Waals surface area contributed by atoms with Crippen molar-refractivity contribution in [3.05, 3.63) is 45.7 Å². The summed E-state index contributed by atoms with van der Waals surface area (Å²) in [5, 5.41) is 7.62. The zero-order valence-corrected chi connectivity index (χ0v) is 18.4. The van der Waals surface area contributed by atoms with Crippen LogP contribution in [0.5, 0.6) is 11.5 Å². The Bertz CT molecular complexity index is 795. The second-order valence-corrected chi connectivity index (χ2v) is 6.39. The summed E-state index contributed by atoms with van der Waals surface area (Å²) in [4.78, 5) is 4.23. The molecule has 1 aliphatic heterocycles. The molecule has 0 radical (unpaired) electrons. The first-order valence-electron chi connectivity index (χ1n) is 7.91. The smallest absolute Gasteiger partial charge is 0.231 e. The van der Waals surface area contributed by atoms with E-state index in [1.54, 1.807) is 7.05 Å². The molecule has 6 nitrogen and oxygen atoms in total. The van der Waals surface area contributed by atoms with Crippen LogP contribution in [0.15, 0.2) is 29.3 Å². The van der Waals surface area contributed by atoms with Crippen molar-refractivity contribution >= 4 is 53.1 Å². The Morgan fingerprint density at radius 1 is 1.19 bits per heavy atom. The molecule has 2 heterocycles. The van der Waals surface area contributed by atoms with Crippen molar-refractivity contribution in [2.24, 2.45) is 12.0 Å². The minimum Gasteiger partial charge on any atom is -0.454 e. The van der Waals surface area contributed by atoms with Gasteiger partial charge in [0, 0.05) is 26.3 Å². The quantitative estimate of drug-likeness (QED) is 0.366. The summed E-state index contributed by atoms with van der Waals surface area (Å²) in [7, 11) is 3.61. The first-order chi connectivity index (χ1) is 12.1. The molecule has 2 N–H and O–H groups in total. The predicted molar refractivity (Wildman–Crippen MR) is 115 cm³/mol. The molecular weight excluding hydrogens is 490 g/mol. The lowest BCUT2D eigenvalue weighted by atomic mass is 10.1. The van der Waals surface area contributed by atoms with Gasteiger partial charge in [-0.25, -0.2) is 0 Å². The fourth-order valence-corrected chi connectivity index (χ4v) is 2.99. The number of guanidine groups is 1. The van der Waals surface area contributed by atoms with Crippen LogP contribution in [0.4, 0.5) is 0 Å². The highest BCUT2D eigenvalue weighted by Gasteiger charge is 2.13. The monoisotopic (exact) mass is 510 g/mol. The average Bonchev–Trinajstić information content (AvgIpc) is 3.18. The Morgan fingerprint density at radius 2 is 1.96 bits per heavy atom. The van der Waals surface area contributed by atoms with Crippen molar-refractivity contribution in [2.75, 3.05) is 20.4 Å². The van der Waals surface area contributed by atoms with Gasteiger partial charge in [0.1, 0.15) is 5.15 Å². The standard InChI is InChI=1S/C17H20Cl2N4O2.HI/c1-20-17(22-9-12-8-13(18)16(19)23(12)2)21-6-5-11-3-4-14-15(7-11)25-10-24-14;/h3-4,7-8H,5-6,9-10H2,1-2H3,(H2,20,21,22);1H. The molecule has 0 spiro atoms. The molecule has 0 saturated heterocycles. The maximum atomic E-state index is 6.08. The van der Waals surface area contributed by atoms with Gasteiger partial charge in [-0.3, -0.25) is 4.99 Å². The van der Waals surface area contributed by atoms with Gasteiger partial charge in [-0.1, -0.05) is 29.3 Å². The number of aliphatic imine (C=N–C) groups is 1. The summed E-state index contributed by atoms with van der Waals surface area (Å²) in [5.41, 5.74) is 2.15. The van der Waals surface area contributed by atoms with Crippen LogP contribution < -0.4 is 20.1 Å². The Labute approximate surface area is 179 Å². The molecule has 9 heteroatoms. The van der Waals surface area contributed by atoms with Crippen molar-refractivity contribution in [3.63, 3.8) is 0 Å². The topological polar surface area (TPSA) is 59.8 Å². The van der Waals surface area contributed by atoms with Crippen molar-refractivity contribution in [1.82, 2.24) is 15.2 Å². The fourth-order valence-electron chi connectivity index (χ4n) is 2.58. The van der Waals surface area contributed by atoms with Crippen LogP contribution in [0, 0.1) is 0 Å². The van der Waals surface area contributed by atoms with Gasteiger partial charge in [0.15, 0.2) is 17.5 Å². The molecule has 0 aliphatic carbocycles. The number of nitrogens with zero attached hydrogens (tertiary/aromatic N) is 2. The van der Waals surface area contributed by atoms with Crippen LogP contribution in [0.25, 0.3) is 0 Å². The van der Waals surface area contributed by atoms with Gasteiger partial charge in [-0.2, -0.15) is 0 Å². The third kappa shape index (κ3) is 4.89. The molecule has 142 valence electrons. The Morgan fingerprint density at radius 3 is 2.65 bits per heavy atom. The van der Waals surface area contributed by atoms with Crippen LogP contribution in [-0.4, -0.2) is 30.9 Å². The van der Waals surface area contributed by atoms with E-state index in [0.717, 1.165) is 30.2 Å². The number of ether oxygens (including phenoxy) is 2. The second kappa shape index (κ2) is 9.57. The van der Waals surface area contributed by atoms with E-state index in [9.17, 15) is 0 Å². The number of aromatic nitrogens is 1. The van der Waals surface area contributed by atoms with E-state index in [1.165, 1.54) is 5.56 Å². The summed E-state index contributed by atoms with van der Waals surface area (Å²) in [6.45, 7) is 1.61. The highest BCUT2D eigenvalue weighted by Crippen LogP contribution is 2.32. The number of hydrogen-bond donors (Lipinski definition) is 2. The van der Waals surface area contributed by atoms with Crippen LogP contribution in [0.3, 0.4) is 0 Å². The molecule has 1 aromatic heterocycles. The van der Waals surface area contributed by atoms with E-state index in [1.807, 2.05) is 35.9 Å². The highest BCUT2D eigenvalue weighted by molar-refractivity contribution is 14.0. The summed E-state index contributed by atoms with van der Waals surface area (Å²) >= 11 is 12.1. The van der Waals surface area contributed by atoms with Gasteiger partial charge < -0.3 is 24.7 Å². The third-order valence-electron chi connectivity index (χ3n) is 4.02. The molecule has 0 unspecified atom stereocenters. The van der Waals surface area contributed by atoms with E-state index in [2.05, 4.69) is 15.6 Å². The van der Waals surface area contributed by atoms with Crippen LogP contribution >= 0.6 is 47.2 Å². The maximum Gasteiger partial charge on any atom is 0.231 e. The first kappa shape index (κ1) is 21.0. The number of halogens is 3. The van der Waals surface area contributed by atoms with Crippen LogP contribution in [0.1, 0.15) is 11.3 Å². The first-order valence-corrected chi connectivity index (χ1v) is 8.66. The number of hydrogen-bond acceptors (Lipinski definition) is 3. The Balaban J connectivity index is 0.00000243. The number of benzene rings is 1. The predicted octanol–water partition coefficient (Wildman–Crippen LogP) is 3.59. The highest BCUT2D eigenvalue weighted by atomic mass is 127. The van der Waals surface area contributed by atoms with Gasteiger partial charge in [0.25, 0.3) is 0 Å². The molecule has 3 rings (SSSR count). The number of nitrogens with one attached hydrogen (secondary N) is 2. The molecule has 0 amide bonds. The molecular formula is C17H21Cl2IN4O2. The second-order valence-electron chi connectivity index (χ2n) is 5.62. The Hall–Kier alpha value is -1.32. The van der Waals surface area contributed by atoms with Gasteiger partial charge in [0.2, 0.25) is 6.79 Å². The van der Waals surface area contributed by atoms with E-state index in [-0.39, 0.29) is 24.0 Å². The SMILES string of the molecule is CN=C(NCCc1ccc2c(c1)OCO2)NCc1cc(Cl)c(Cl)n1C.I. The third-order valence-corrected chi connectivity index (χ3v) is 4.86. The largest absolute Gasteiger partial charge is 0.454 e. The van der Waals surface area contributed by atoms with Gasteiger partial charge in [-0.15, -0.1) is 24.0 Å². The van der Waals surface area contributed by atoms with Crippen molar-refractivity contribution < 1.29 is 9.47 Å². The van der Waals surface area contributed by atoms with Crippen LogP contribution in [0.2, 0.25) is 10.2 Å². The molecule has 0 atom stereocenters. The minimum atomic E-state index is 0. The fraction of sp³-hybridized carbons (Fsp3) is 0.353. The van der Waals surface area contributed by atoms with Crippen LogP contribution in [-0.2, 0) is 20.0 Å². The lowest BCUT2D eigenvalue weighted by Crippen LogP contribution is -2.38. The van der Waals surface area contributed by atoms with E-state index in [0.29, 0.717) is 29.5 Å². The average molecular weight is 511 g/mol. The van der Waals surface area contributed by atoms with Crippen molar-refractivity contribution in [1.29, 1.82) is 0 Å². The molecule has 2 aromatic rings.